The first-order valence-corrected chi connectivity index (χ1v) is 7.75. The lowest BCUT2D eigenvalue weighted by molar-refractivity contribution is 0.443. The van der Waals surface area contributed by atoms with E-state index in [2.05, 4.69) is 56.1 Å². The summed E-state index contributed by atoms with van der Waals surface area (Å²) in [5.74, 6) is 1.02. The first-order chi connectivity index (χ1) is 8.30. The van der Waals surface area contributed by atoms with Gasteiger partial charge in [0.1, 0.15) is 5.76 Å². The summed E-state index contributed by atoms with van der Waals surface area (Å²) in [7, 11) is 0. The van der Waals surface area contributed by atoms with Crippen molar-refractivity contribution in [3.63, 3.8) is 0 Å². The molecule has 1 heterocycles. The smallest absolute Gasteiger partial charge is 0.104 e. The second-order valence-corrected chi connectivity index (χ2v) is 5.29. The minimum Gasteiger partial charge on any atom is -0.469 e. The van der Waals surface area contributed by atoms with Crippen LogP contribution in [0.5, 0.6) is 0 Å². The van der Waals surface area contributed by atoms with E-state index in [1.807, 2.05) is 18.2 Å². The first-order valence-electron chi connectivity index (χ1n) is 5.50. The average molecular weight is 358 g/mol. The van der Waals surface area contributed by atoms with Gasteiger partial charge in [0.15, 0.2) is 0 Å². The van der Waals surface area contributed by atoms with Crippen LogP contribution in [0.15, 0.2) is 53.1 Å². The van der Waals surface area contributed by atoms with E-state index >= 15 is 0 Å². The van der Waals surface area contributed by atoms with Gasteiger partial charge < -0.3 is 4.42 Å². The lowest BCUT2D eigenvalue weighted by atomic mass is 9.81. The highest BCUT2D eigenvalue weighted by molar-refractivity contribution is 9.09. The Kier molecular flexibility index (Phi) is 4.46. The monoisotopic (exact) mass is 356 g/mol. The summed E-state index contributed by atoms with van der Waals surface area (Å²) in [6.45, 7) is 0. The Morgan fingerprint density at radius 1 is 0.941 bits per heavy atom. The number of rotatable bonds is 5. The van der Waals surface area contributed by atoms with Crippen molar-refractivity contribution in [1.29, 1.82) is 0 Å². The molecular formula is C14H14Br2O. The highest BCUT2D eigenvalue weighted by atomic mass is 79.9. The molecule has 2 rings (SSSR count). The molecule has 0 aliphatic carbocycles. The van der Waals surface area contributed by atoms with Crippen molar-refractivity contribution in [3.05, 3.63) is 60.1 Å². The van der Waals surface area contributed by atoms with E-state index in [1.54, 1.807) is 6.26 Å². The lowest BCUT2D eigenvalue weighted by Gasteiger charge is -2.29. The van der Waals surface area contributed by atoms with Crippen LogP contribution in [0.2, 0.25) is 0 Å². The van der Waals surface area contributed by atoms with E-state index in [9.17, 15) is 0 Å². The third kappa shape index (κ3) is 2.83. The fraction of sp³-hybridized carbons (Fsp3) is 0.286. The Morgan fingerprint density at radius 3 is 2.18 bits per heavy atom. The number of furan rings is 1. The molecule has 0 N–H and O–H groups in total. The molecule has 0 spiro atoms. The molecule has 0 amide bonds. The van der Waals surface area contributed by atoms with E-state index in [0.29, 0.717) is 0 Å². The Labute approximate surface area is 118 Å². The Hall–Kier alpha value is -0.540. The summed E-state index contributed by atoms with van der Waals surface area (Å²) in [4.78, 5) is 0. The molecule has 90 valence electrons. The zero-order valence-corrected chi connectivity index (χ0v) is 12.6. The van der Waals surface area contributed by atoms with Gasteiger partial charge in [0.25, 0.3) is 0 Å². The van der Waals surface area contributed by atoms with Crippen LogP contribution in [-0.2, 0) is 11.8 Å². The van der Waals surface area contributed by atoms with Gasteiger partial charge in [0.05, 0.1) is 6.26 Å². The van der Waals surface area contributed by atoms with Crippen LogP contribution in [0.1, 0.15) is 11.3 Å². The van der Waals surface area contributed by atoms with Gasteiger partial charge in [-0.1, -0.05) is 62.2 Å². The van der Waals surface area contributed by atoms with Crippen molar-refractivity contribution in [1.82, 2.24) is 0 Å². The molecule has 3 heteroatoms. The molecule has 0 aliphatic heterocycles. The molecule has 17 heavy (non-hydrogen) atoms. The summed E-state index contributed by atoms with van der Waals surface area (Å²) in [6, 6.07) is 14.5. The SMILES string of the molecule is BrCC(CBr)(Cc1ccco1)c1ccccc1. The van der Waals surface area contributed by atoms with E-state index in [0.717, 1.165) is 22.8 Å². The Balaban J connectivity index is 2.32. The molecule has 0 atom stereocenters. The van der Waals surface area contributed by atoms with Crippen molar-refractivity contribution >= 4 is 31.9 Å². The van der Waals surface area contributed by atoms with E-state index in [-0.39, 0.29) is 5.41 Å². The predicted octanol–water partition coefficient (Wildman–Crippen LogP) is 4.55. The predicted molar refractivity (Wildman–Crippen MR) is 78.1 cm³/mol. The maximum Gasteiger partial charge on any atom is 0.104 e. The minimum absolute atomic E-state index is 0.0408. The second kappa shape index (κ2) is 5.87. The fourth-order valence-corrected chi connectivity index (χ4v) is 3.90. The maximum absolute atomic E-state index is 5.47. The van der Waals surface area contributed by atoms with Crippen LogP contribution in [0.25, 0.3) is 0 Å². The summed E-state index contributed by atoms with van der Waals surface area (Å²) in [6.07, 6.45) is 2.62. The third-order valence-electron chi connectivity index (χ3n) is 2.99. The number of hydrogen-bond donors (Lipinski definition) is 0. The molecule has 0 saturated heterocycles. The molecule has 1 aromatic heterocycles. The zero-order valence-electron chi connectivity index (χ0n) is 9.40. The lowest BCUT2D eigenvalue weighted by Crippen LogP contribution is -2.32. The van der Waals surface area contributed by atoms with Crippen molar-refractivity contribution in [2.75, 3.05) is 10.7 Å². The van der Waals surface area contributed by atoms with Gasteiger partial charge >= 0.3 is 0 Å². The van der Waals surface area contributed by atoms with Crippen LogP contribution in [0.3, 0.4) is 0 Å². The number of benzene rings is 1. The van der Waals surface area contributed by atoms with Gasteiger partial charge in [-0.15, -0.1) is 0 Å². The summed E-state index contributed by atoms with van der Waals surface area (Å²) in [5, 5.41) is 1.80. The summed E-state index contributed by atoms with van der Waals surface area (Å²) >= 11 is 7.29. The summed E-state index contributed by atoms with van der Waals surface area (Å²) in [5.41, 5.74) is 1.37. The molecule has 1 aromatic carbocycles. The topological polar surface area (TPSA) is 13.1 Å². The quantitative estimate of drug-likeness (QED) is 0.715. The van der Waals surface area contributed by atoms with E-state index in [1.165, 1.54) is 5.56 Å². The number of alkyl halides is 2. The van der Waals surface area contributed by atoms with Crippen molar-refractivity contribution in [3.8, 4) is 0 Å². The molecule has 0 unspecified atom stereocenters. The number of halogens is 2. The second-order valence-electron chi connectivity index (χ2n) is 4.17. The highest BCUT2D eigenvalue weighted by Crippen LogP contribution is 2.32. The maximum atomic E-state index is 5.47. The molecule has 0 saturated carbocycles. The molecule has 2 aromatic rings. The Morgan fingerprint density at radius 2 is 1.65 bits per heavy atom. The zero-order chi connectivity index (χ0) is 12.1. The van der Waals surface area contributed by atoms with Gasteiger partial charge in [-0.25, -0.2) is 0 Å². The van der Waals surface area contributed by atoms with Crippen LogP contribution < -0.4 is 0 Å². The van der Waals surface area contributed by atoms with Crippen LogP contribution in [-0.4, -0.2) is 10.7 Å². The standard InChI is InChI=1S/C14H14Br2O/c15-10-14(11-16,9-13-7-4-8-17-13)12-5-2-1-3-6-12/h1-8H,9-11H2. The molecule has 0 radical (unpaired) electrons. The molecule has 0 fully saturated rings. The molecule has 0 bridgehead atoms. The van der Waals surface area contributed by atoms with Crippen molar-refractivity contribution in [2.24, 2.45) is 0 Å². The largest absolute Gasteiger partial charge is 0.469 e. The third-order valence-corrected chi connectivity index (χ3v) is 5.14. The average Bonchev–Trinajstić information content (AvgIpc) is 2.90. The van der Waals surface area contributed by atoms with Gasteiger partial charge in [-0.3, -0.25) is 0 Å². The van der Waals surface area contributed by atoms with Gasteiger partial charge in [0.2, 0.25) is 0 Å². The molecular weight excluding hydrogens is 344 g/mol. The first kappa shape index (κ1) is 12.9. The van der Waals surface area contributed by atoms with Crippen molar-refractivity contribution < 1.29 is 4.42 Å². The van der Waals surface area contributed by atoms with E-state index < -0.39 is 0 Å². The van der Waals surface area contributed by atoms with E-state index in [4.69, 9.17) is 4.42 Å². The molecule has 0 aliphatic rings. The van der Waals surface area contributed by atoms with Gasteiger partial charge in [0, 0.05) is 22.5 Å². The van der Waals surface area contributed by atoms with Crippen molar-refractivity contribution in [2.45, 2.75) is 11.8 Å². The van der Waals surface area contributed by atoms with Crippen LogP contribution in [0.4, 0.5) is 0 Å². The van der Waals surface area contributed by atoms with Crippen LogP contribution in [0, 0.1) is 0 Å². The van der Waals surface area contributed by atoms with Crippen LogP contribution >= 0.6 is 31.9 Å². The van der Waals surface area contributed by atoms with Gasteiger partial charge in [-0.2, -0.15) is 0 Å². The molecule has 1 nitrogen and oxygen atoms in total. The Bertz CT molecular complexity index is 433. The number of hydrogen-bond acceptors (Lipinski definition) is 1. The van der Waals surface area contributed by atoms with Gasteiger partial charge in [-0.05, 0) is 17.7 Å². The highest BCUT2D eigenvalue weighted by Gasteiger charge is 2.31. The summed E-state index contributed by atoms with van der Waals surface area (Å²) < 4.78 is 5.47. The fourth-order valence-electron chi connectivity index (χ4n) is 1.92. The normalized spacial score (nSPS) is 11.6. The minimum atomic E-state index is 0.0408.